The summed E-state index contributed by atoms with van der Waals surface area (Å²) >= 11 is 0. The van der Waals surface area contributed by atoms with Gasteiger partial charge >= 0.3 is 5.97 Å². The van der Waals surface area contributed by atoms with Gasteiger partial charge in [-0.2, -0.15) is 0 Å². The van der Waals surface area contributed by atoms with Crippen LogP contribution >= 0.6 is 0 Å². The van der Waals surface area contributed by atoms with E-state index in [1.54, 1.807) is 6.92 Å². The molecule has 0 fully saturated rings. The Labute approximate surface area is 80.1 Å². The molecular formula is C10H20O3. The molecule has 0 aliphatic heterocycles. The van der Waals surface area contributed by atoms with Gasteiger partial charge in [-0.3, -0.25) is 0 Å². The molecule has 0 aliphatic carbocycles. The number of esters is 1. The number of rotatable bonds is 6. The third kappa shape index (κ3) is 5.64. The largest absolute Gasteiger partial charge is 0.461 e. The van der Waals surface area contributed by atoms with E-state index < -0.39 is 12.1 Å². The Hall–Kier alpha value is -0.570. The molecule has 0 amide bonds. The maximum absolute atomic E-state index is 11.1. The highest BCUT2D eigenvalue weighted by molar-refractivity contribution is 5.74. The maximum Gasteiger partial charge on any atom is 0.335 e. The van der Waals surface area contributed by atoms with Gasteiger partial charge in [0, 0.05) is 0 Å². The van der Waals surface area contributed by atoms with Gasteiger partial charge in [-0.05, 0) is 19.8 Å². The zero-order valence-electron chi connectivity index (χ0n) is 8.75. The summed E-state index contributed by atoms with van der Waals surface area (Å²) in [5.41, 5.74) is 0. The molecule has 13 heavy (non-hydrogen) atoms. The van der Waals surface area contributed by atoms with Crippen molar-refractivity contribution in [2.75, 3.05) is 0 Å². The third-order valence-electron chi connectivity index (χ3n) is 1.94. The number of carbonyl (C=O) groups excluding carboxylic acids is 1. The summed E-state index contributed by atoms with van der Waals surface area (Å²) in [5, 5.41) is 9.13. The van der Waals surface area contributed by atoms with E-state index in [1.807, 2.05) is 6.92 Å². The minimum atomic E-state index is -0.955. The summed E-state index contributed by atoms with van der Waals surface area (Å²) in [7, 11) is 0. The average Bonchev–Trinajstić information content (AvgIpc) is 2.13. The Bertz CT molecular complexity index is 145. The highest BCUT2D eigenvalue weighted by Gasteiger charge is 2.16. The van der Waals surface area contributed by atoms with Crippen LogP contribution in [0, 0.1) is 0 Å². The summed E-state index contributed by atoms with van der Waals surface area (Å²) in [6, 6.07) is 0. The molecule has 0 aliphatic rings. The van der Waals surface area contributed by atoms with Gasteiger partial charge in [0.2, 0.25) is 0 Å². The van der Waals surface area contributed by atoms with Crippen molar-refractivity contribution in [2.24, 2.45) is 0 Å². The molecule has 2 atom stereocenters. The van der Waals surface area contributed by atoms with Crippen molar-refractivity contribution < 1.29 is 14.6 Å². The van der Waals surface area contributed by atoms with Gasteiger partial charge in [0.25, 0.3) is 0 Å². The highest BCUT2D eigenvalue weighted by Crippen LogP contribution is 2.06. The fraction of sp³-hybridized carbons (Fsp3) is 0.900. The van der Waals surface area contributed by atoms with Crippen molar-refractivity contribution in [3.8, 4) is 0 Å². The van der Waals surface area contributed by atoms with Gasteiger partial charge in [0.1, 0.15) is 0 Å². The van der Waals surface area contributed by atoms with E-state index >= 15 is 0 Å². The molecule has 0 radical (unpaired) electrons. The first-order valence-electron chi connectivity index (χ1n) is 5.00. The first-order chi connectivity index (χ1) is 6.11. The first kappa shape index (κ1) is 12.4. The lowest BCUT2D eigenvalue weighted by Crippen LogP contribution is -2.26. The Morgan fingerprint density at radius 3 is 2.54 bits per heavy atom. The Kier molecular flexibility index (Phi) is 6.59. The average molecular weight is 188 g/mol. The number of hydrogen-bond acceptors (Lipinski definition) is 3. The van der Waals surface area contributed by atoms with E-state index in [0.29, 0.717) is 6.42 Å². The molecular weight excluding hydrogens is 168 g/mol. The summed E-state index contributed by atoms with van der Waals surface area (Å²) in [5.74, 6) is -0.494. The second-order valence-corrected chi connectivity index (χ2v) is 3.31. The lowest BCUT2D eigenvalue weighted by molar-refractivity contribution is -0.158. The van der Waals surface area contributed by atoms with Crippen molar-refractivity contribution in [1.82, 2.24) is 0 Å². The Morgan fingerprint density at radius 1 is 1.46 bits per heavy atom. The SMILES string of the molecule is CCCCC(C)OC(=O)C(O)CC. The Balaban J connectivity index is 3.64. The van der Waals surface area contributed by atoms with Crippen LogP contribution in [0.3, 0.4) is 0 Å². The Morgan fingerprint density at radius 2 is 2.08 bits per heavy atom. The molecule has 3 nitrogen and oxygen atoms in total. The van der Waals surface area contributed by atoms with Crippen LogP contribution < -0.4 is 0 Å². The van der Waals surface area contributed by atoms with Crippen molar-refractivity contribution >= 4 is 5.97 Å². The lowest BCUT2D eigenvalue weighted by Gasteiger charge is -2.14. The van der Waals surface area contributed by atoms with E-state index in [2.05, 4.69) is 6.92 Å². The molecule has 1 N–H and O–H groups in total. The second kappa shape index (κ2) is 6.89. The third-order valence-corrected chi connectivity index (χ3v) is 1.94. The van der Waals surface area contributed by atoms with Gasteiger partial charge in [0.15, 0.2) is 6.10 Å². The predicted octanol–water partition coefficient (Wildman–Crippen LogP) is 1.88. The topological polar surface area (TPSA) is 46.5 Å². The fourth-order valence-corrected chi connectivity index (χ4v) is 0.994. The van der Waals surface area contributed by atoms with Crippen LogP contribution in [0.1, 0.15) is 46.5 Å². The molecule has 0 saturated carbocycles. The van der Waals surface area contributed by atoms with Gasteiger partial charge in [-0.25, -0.2) is 4.79 Å². The lowest BCUT2D eigenvalue weighted by atomic mass is 10.2. The summed E-state index contributed by atoms with van der Waals surface area (Å²) in [4.78, 5) is 11.1. The van der Waals surface area contributed by atoms with E-state index in [9.17, 15) is 4.79 Å². The minimum Gasteiger partial charge on any atom is -0.461 e. The van der Waals surface area contributed by atoms with Crippen LogP contribution in [0.5, 0.6) is 0 Å². The molecule has 0 aromatic rings. The van der Waals surface area contributed by atoms with Gasteiger partial charge in [0.05, 0.1) is 6.10 Å². The first-order valence-corrected chi connectivity index (χ1v) is 5.00. The molecule has 0 heterocycles. The van der Waals surface area contributed by atoms with E-state index in [0.717, 1.165) is 19.3 Å². The smallest absolute Gasteiger partial charge is 0.335 e. The number of aliphatic hydroxyl groups is 1. The quantitative estimate of drug-likeness (QED) is 0.647. The molecule has 3 heteroatoms. The van der Waals surface area contributed by atoms with E-state index in [4.69, 9.17) is 9.84 Å². The monoisotopic (exact) mass is 188 g/mol. The standard InChI is InChI=1S/C10H20O3/c1-4-6-7-8(3)13-10(12)9(11)5-2/h8-9,11H,4-7H2,1-3H3. The van der Waals surface area contributed by atoms with Crippen molar-refractivity contribution in [2.45, 2.75) is 58.7 Å². The number of carbonyl (C=O) groups is 1. The molecule has 0 aromatic carbocycles. The van der Waals surface area contributed by atoms with Gasteiger partial charge in [-0.1, -0.05) is 26.7 Å². The molecule has 0 rings (SSSR count). The van der Waals surface area contributed by atoms with Crippen molar-refractivity contribution in [3.05, 3.63) is 0 Å². The van der Waals surface area contributed by atoms with Gasteiger partial charge in [-0.15, -0.1) is 0 Å². The highest BCUT2D eigenvalue weighted by atomic mass is 16.6. The zero-order valence-corrected chi connectivity index (χ0v) is 8.75. The molecule has 0 spiro atoms. The second-order valence-electron chi connectivity index (χ2n) is 3.31. The minimum absolute atomic E-state index is 0.0753. The number of hydrogen-bond donors (Lipinski definition) is 1. The summed E-state index contributed by atoms with van der Waals surface area (Å²) in [6.07, 6.45) is 2.41. The molecule has 0 aromatic heterocycles. The normalized spacial score (nSPS) is 15.1. The van der Waals surface area contributed by atoms with E-state index in [-0.39, 0.29) is 6.10 Å². The van der Waals surface area contributed by atoms with Crippen LogP contribution in [0.4, 0.5) is 0 Å². The zero-order chi connectivity index (χ0) is 10.3. The number of ether oxygens (including phenoxy) is 1. The summed E-state index contributed by atoms with van der Waals surface area (Å²) < 4.78 is 5.02. The van der Waals surface area contributed by atoms with Crippen LogP contribution in [0.15, 0.2) is 0 Å². The fourth-order valence-electron chi connectivity index (χ4n) is 0.994. The number of unbranched alkanes of at least 4 members (excludes halogenated alkanes) is 1. The maximum atomic E-state index is 11.1. The molecule has 0 bridgehead atoms. The molecule has 0 saturated heterocycles. The van der Waals surface area contributed by atoms with E-state index in [1.165, 1.54) is 0 Å². The van der Waals surface area contributed by atoms with Gasteiger partial charge < -0.3 is 9.84 Å². The van der Waals surface area contributed by atoms with Crippen molar-refractivity contribution in [3.63, 3.8) is 0 Å². The van der Waals surface area contributed by atoms with Crippen LogP contribution in [0.2, 0.25) is 0 Å². The van der Waals surface area contributed by atoms with Crippen molar-refractivity contribution in [1.29, 1.82) is 0 Å². The van der Waals surface area contributed by atoms with Crippen LogP contribution in [-0.4, -0.2) is 23.3 Å². The molecule has 78 valence electrons. The van der Waals surface area contributed by atoms with Crippen LogP contribution in [0.25, 0.3) is 0 Å². The molecule has 2 unspecified atom stereocenters. The summed E-state index contributed by atoms with van der Waals surface area (Å²) in [6.45, 7) is 5.70. The predicted molar refractivity (Wildman–Crippen MR) is 51.4 cm³/mol. The number of aliphatic hydroxyl groups excluding tert-OH is 1. The van der Waals surface area contributed by atoms with Crippen LogP contribution in [-0.2, 0) is 9.53 Å².